The van der Waals surface area contributed by atoms with Gasteiger partial charge in [-0.3, -0.25) is 10.1 Å². The fraction of sp³-hybridized carbons (Fsp3) is 0.231. The first-order chi connectivity index (χ1) is 9.13. The van der Waals surface area contributed by atoms with Gasteiger partial charge >= 0.3 is 11.9 Å². The van der Waals surface area contributed by atoms with Crippen molar-refractivity contribution in [2.24, 2.45) is 0 Å². The number of hydrogen-bond donors (Lipinski definition) is 2. The molecule has 0 amide bonds. The molecule has 1 aromatic heterocycles. The number of esters is 1. The second-order valence-electron chi connectivity index (χ2n) is 3.88. The van der Waals surface area contributed by atoms with Crippen molar-refractivity contribution >= 4 is 22.9 Å². The summed E-state index contributed by atoms with van der Waals surface area (Å²) in [5.74, 6) is -1.19. The van der Waals surface area contributed by atoms with E-state index in [0.717, 1.165) is 0 Å². The third kappa shape index (κ3) is 2.74. The minimum Gasteiger partial charge on any atom is -0.478 e. The molecule has 19 heavy (non-hydrogen) atoms. The molecule has 0 bridgehead atoms. The molecule has 2 N–H and O–H groups in total. The molecule has 0 fully saturated rings. The smallest absolute Gasteiger partial charge is 0.339 e. The maximum Gasteiger partial charge on any atom is 0.339 e. The molecular weight excluding hydrogens is 250 g/mol. The Morgan fingerprint density at radius 3 is 2.79 bits per heavy atom. The molecule has 0 aliphatic carbocycles. The van der Waals surface area contributed by atoms with Crippen molar-refractivity contribution in [2.75, 3.05) is 13.7 Å². The van der Waals surface area contributed by atoms with Crippen LogP contribution in [0.25, 0.3) is 11.0 Å². The number of aromatic carboxylic acids is 1. The molecule has 0 aliphatic heterocycles. The zero-order chi connectivity index (χ0) is 13.8. The summed E-state index contributed by atoms with van der Waals surface area (Å²) < 4.78 is 9.96. The number of hydrogen-bond acceptors (Lipinski definition) is 5. The molecular formula is C13H13NO5. The first-order valence-electron chi connectivity index (χ1n) is 5.64. The number of carboxylic acids is 1. The van der Waals surface area contributed by atoms with Crippen molar-refractivity contribution in [3.05, 3.63) is 35.6 Å². The molecule has 0 radical (unpaired) electrons. The highest BCUT2D eigenvalue weighted by atomic mass is 16.5. The van der Waals surface area contributed by atoms with E-state index in [1.165, 1.54) is 7.11 Å². The van der Waals surface area contributed by atoms with E-state index in [1.807, 2.05) is 0 Å². The van der Waals surface area contributed by atoms with Crippen LogP contribution in [0.5, 0.6) is 0 Å². The average Bonchev–Trinajstić information content (AvgIpc) is 2.76. The summed E-state index contributed by atoms with van der Waals surface area (Å²) in [6.07, 6.45) is 0. The Kier molecular flexibility index (Phi) is 3.82. The third-order valence-electron chi connectivity index (χ3n) is 2.66. The molecule has 0 saturated carbocycles. The van der Waals surface area contributed by atoms with E-state index in [9.17, 15) is 14.7 Å². The first-order valence-corrected chi connectivity index (χ1v) is 5.64. The Morgan fingerprint density at radius 2 is 2.11 bits per heavy atom. The number of fused-ring (bicyclic) bond motifs is 1. The van der Waals surface area contributed by atoms with Crippen LogP contribution < -0.4 is 5.32 Å². The Morgan fingerprint density at radius 1 is 1.37 bits per heavy atom. The van der Waals surface area contributed by atoms with Gasteiger partial charge in [0.15, 0.2) is 0 Å². The molecule has 6 heteroatoms. The number of ether oxygens (including phenoxy) is 1. The molecule has 1 heterocycles. The Balaban J connectivity index is 2.24. The Bertz CT molecular complexity index is 617. The number of methoxy groups -OCH3 is 1. The van der Waals surface area contributed by atoms with Crippen molar-refractivity contribution in [3.8, 4) is 0 Å². The van der Waals surface area contributed by atoms with E-state index in [-0.39, 0.29) is 24.4 Å². The van der Waals surface area contributed by atoms with E-state index in [2.05, 4.69) is 10.1 Å². The van der Waals surface area contributed by atoms with Gasteiger partial charge in [-0.2, -0.15) is 0 Å². The molecule has 1 aromatic carbocycles. The lowest BCUT2D eigenvalue weighted by molar-refractivity contribution is -0.139. The molecule has 0 saturated heterocycles. The highest BCUT2D eigenvalue weighted by Crippen LogP contribution is 2.25. The van der Waals surface area contributed by atoms with Gasteiger partial charge in [-0.05, 0) is 6.07 Å². The minimum atomic E-state index is -1.06. The fourth-order valence-corrected chi connectivity index (χ4v) is 1.81. The summed E-state index contributed by atoms with van der Waals surface area (Å²) >= 11 is 0. The number of benzene rings is 1. The number of carbonyl (C=O) groups excluding carboxylic acids is 1. The van der Waals surface area contributed by atoms with E-state index < -0.39 is 11.9 Å². The van der Waals surface area contributed by atoms with Gasteiger partial charge in [0.25, 0.3) is 0 Å². The van der Waals surface area contributed by atoms with Crippen molar-refractivity contribution in [2.45, 2.75) is 6.54 Å². The number of para-hydroxylation sites is 1. The molecule has 2 rings (SSSR count). The quantitative estimate of drug-likeness (QED) is 0.792. The van der Waals surface area contributed by atoms with Crippen LogP contribution in [0.2, 0.25) is 0 Å². The lowest BCUT2D eigenvalue weighted by Crippen LogP contribution is -2.23. The highest BCUT2D eigenvalue weighted by Gasteiger charge is 2.19. The standard InChI is InChI=1S/C13H13NO5/c1-18-11(15)7-14-6-10-12(13(16)17)8-4-2-3-5-9(8)19-10/h2-5,14H,6-7H2,1H3,(H,16,17). The van der Waals surface area contributed by atoms with Crippen LogP contribution in [0.1, 0.15) is 16.1 Å². The first kappa shape index (κ1) is 13.1. The maximum atomic E-state index is 11.3. The predicted octanol–water partition coefficient (Wildman–Crippen LogP) is 1.39. The van der Waals surface area contributed by atoms with Crippen molar-refractivity contribution in [3.63, 3.8) is 0 Å². The Hall–Kier alpha value is -2.34. The van der Waals surface area contributed by atoms with Crippen LogP contribution in [-0.2, 0) is 16.1 Å². The molecule has 2 aromatic rings. The maximum absolute atomic E-state index is 11.3. The second-order valence-corrected chi connectivity index (χ2v) is 3.88. The summed E-state index contributed by atoms with van der Waals surface area (Å²) in [7, 11) is 1.29. The van der Waals surface area contributed by atoms with Crippen LogP contribution in [-0.4, -0.2) is 30.7 Å². The zero-order valence-electron chi connectivity index (χ0n) is 10.3. The van der Waals surface area contributed by atoms with Crippen LogP contribution in [0, 0.1) is 0 Å². The van der Waals surface area contributed by atoms with Gasteiger partial charge in [0.05, 0.1) is 20.2 Å². The summed E-state index contributed by atoms with van der Waals surface area (Å²) in [5.41, 5.74) is 0.628. The number of furan rings is 1. The number of nitrogens with one attached hydrogen (secondary N) is 1. The Labute approximate surface area is 109 Å². The van der Waals surface area contributed by atoms with Crippen LogP contribution >= 0.6 is 0 Å². The SMILES string of the molecule is COC(=O)CNCc1oc2ccccc2c1C(=O)O. The van der Waals surface area contributed by atoms with Crippen LogP contribution in [0.4, 0.5) is 0 Å². The van der Waals surface area contributed by atoms with Gasteiger partial charge in [0.2, 0.25) is 0 Å². The van der Waals surface area contributed by atoms with E-state index >= 15 is 0 Å². The van der Waals surface area contributed by atoms with Gasteiger partial charge in [-0.25, -0.2) is 4.79 Å². The van der Waals surface area contributed by atoms with E-state index in [4.69, 9.17) is 4.42 Å². The van der Waals surface area contributed by atoms with Gasteiger partial charge in [0.1, 0.15) is 16.9 Å². The monoisotopic (exact) mass is 263 g/mol. The zero-order valence-corrected chi connectivity index (χ0v) is 10.3. The lowest BCUT2D eigenvalue weighted by Gasteiger charge is -2.01. The van der Waals surface area contributed by atoms with Gasteiger partial charge in [-0.1, -0.05) is 18.2 Å². The van der Waals surface area contributed by atoms with Gasteiger partial charge < -0.3 is 14.3 Å². The van der Waals surface area contributed by atoms with Crippen LogP contribution in [0.15, 0.2) is 28.7 Å². The predicted molar refractivity (Wildman–Crippen MR) is 66.9 cm³/mol. The number of carbonyl (C=O) groups is 2. The van der Waals surface area contributed by atoms with Crippen molar-refractivity contribution < 1.29 is 23.8 Å². The largest absolute Gasteiger partial charge is 0.478 e. The molecule has 100 valence electrons. The average molecular weight is 263 g/mol. The molecule has 6 nitrogen and oxygen atoms in total. The van der Waals surface area contributed by atoms with Crippen molar-refractivity contribution in [1.82, 2.24) is 5.32 Å². The number of rotatable bonds is 5. The number of carboxylic acid groups (broad SMARTS) is 1. The van der Waals surface area contributed by atoms with Gasteiger partial charge in [-0.15, -0.1) is 0 Å². The van der Waals surface area contributed by atoms with Crippen LogP contribution in [0.3, 0.4) is 0 Å². The minimum absolute atomic E-state index is 0.00734. The molecule has 0 atom stereocenters. The summed E-state index contributed by atoms with van der Waals surface area (Å²) in [4.78, 5) is 22.2. The van der Waals surface area contributed by atoms with Crippen molar-refractivity contribution in [1.29, 1.82) is 0 Å². The highest BCUT2D eigenvalue weighted by molar-refractivity contribution is 6.03. The molecule has 0 spiro atoms. The molecule has 0 aliphatic rings. The van der Waals surface area contributed by atoms with E-state index in [1.54, 1.807) is 24.3 Å². The third-order valence-corrected chi connectivity index (χ3v) is 2.66. The second kappa shape index (κ2) is 5.53. The molecule has 0 unspecified atom stereocenters. The fourth-order valence-electron chi connectivity index (χ4n) is 1.81. The summed E-state index contributed by atoms with van der Waals surface area (Å²) in [6.45, 7) is 0.137. The van der Waals surface area contributed by atoms with Gasteiger partial charge in [0, 0.05) is 5.39 Å². The summed E-state index contributed by atoms with van der Waals surface area (Å²) in [5, 5.41) is 12.6. The van der Waals surface area contributed by atoms with E-state index in [0.29, 0.717) is 11.0 Å². The summed E-state index contributed by atoms with van der Waals surface area (Å²) in [6, 6.07) is 6.90. The normalized spacial score (nSPS) is 10.6. The topological polar surface area (TPSA) is 88.8 Å². The lowest BCUT2D eigenvalue weighted by atomic mass is 10.1.